The van der Waals surface area contributed by atoms with Crippen molar-refractivity contribution in [3.05, 3.63) is 39.8 Å². The van der Waals surface area contributed by atoms with Crippen molar-refractivity contribution in [2.24, 2.45) is 11.1 Å². The molecule has 3 unspecified atom stereocenters. The Bertz CT molecular complexity index is 1290. The number of nitrogens with one attached hydrogen (secondary N) is 1. The summed E-state index contributed by atoms with van der Waals surface area (Å²) in [6, 6.07) is 4.29. The molecule has 10 heteroatoms. The predicted molar refractivity (Wildman–Crippen MR) is 139 cm³/mol. The number of carbonyl (C=O) groups excluding carboxylic acids is 1. The number of aryl methyl sites for hydroxylation is 3. The van der Waals surface area contributed by atoms with E-state index >= 15 is 0 Å². The van der Waals surface area contributed by atoms with Gasteiger partial charge < -0.3 is 26.4 Å². The molecule has 1 aliphatic heterocycles. The number of rotatable bonds is 5. The van der Waals surface area contributed by atoms with Crippen LogP contribution in [0.4, 0.5) is 11.5 Å². The van der Waals surface area contributed by atoms with Crippen LogP contribution in [0.3, 0.4) is 0 Å². The molecule has 4 heterocycles. The lowest BCUT2D eigenvalue weighted by Crippen LogP contribution is -2.41. The van der Waals surface area contributed by atoms with Crippen molar-refractivity contribution < 1.29 is 9.53 Å². The van der Waals surface area contributed by atoms with E-state index in [4.69, 9.17) is 21.2 Å². The zero-order chi connectivity index (χ0) is 24.9. The van der Waals surface area contributed by atoms with E-state index in [1.165, 1.54) is 16.9 Å². The Morgan fingerprint density at radius 2 is 2.11 bits per heavy atom. The van der Waals surface area contributed by atoms with E-state index in [1.807, 2.05) is 13.8 Å². The lowest BCUT2D eigenvalue weighted by Gasteiger charge is -2.28. The molecule has 3 aromatic heterocycles. The maximum Gasteiger partial charge on any atom is 0.263 e. The van der Waals surface area contributed by atoms with Crippen LogP contribution < -0.4 is 21.7 Å². The Kier molecular flexibility index (Phi) is 6.14. The number of nitrogens with two attached hydrogens (primary N) is 2. The van der Waals surface area contributed by atoms with Crippen LogP contribution in [0.15, 0.2) is 12.1 Å². The second kappa shape index (κ2) is 9.00. The van der Waals surface area contributed by atoms with E-state index < -0.39 is 0 Å². The highest BCUT2D eigenvalue weighted by atomic mass is 32.1. The van der Waals surface area contributed by atoms with Gasteiger partial charge in [0.05, 0.1) is 23.4 Å². The molecule has 0 spiro atoms. The van der Waals surface area contributed by atoms with Gasteiger partial charge in [-0.25, -0.2) is 15.0 Å². The van der Waals surface area contributed by atoms with Gasteiger partial charge >= 0.3 is 0 Å². The smallest absolute Gasteiger partial charge is 0.263 e. The van der Waals surface area contributed by atoms with Gasteiger partial charge in [0.25, 0.3) is 5.91 Å². The molecular weight excluding hydrogens is 462 g/mol. The van der Waals surface area contributed by atoms with Crippen molar-refractivity contribution in [2.75, 3.05) is 37.4 Å². The largest absolute Gasteiger partial charge is 0.397 e. The quantitative estimate of drug-likeness (QED) is 0.491. The minimum absolute atomic E-state index is 0.0337. The molecule has 3 atom stereocenters. The summed E-state index contributed by atoms with van der Waals surface area (Å²) >= 11 is 1.33. The molecule has 5 N–H and O–H groups in total. The first-order valence-corrected chi connectivity index (χ1v) is 12.8. The minimum Gasteiger partial charge on any atom is -0.397 e. The van der Waals surface area contributed by atoms with E-state index in [0.717, 1.165) is 59.8 Å². The van der Waals surface area contributed by atoms with Crippen LogP contribution in [0, 0.1) is 19.3 Å². The third-order valence-corrected chi connectivity index (χ3v) is 8.43. The molecule has 35 heavy (non-hydrogen) atoms. The fourth-order valence-electron chi connectivity index (χ4n) is 5.38. The van der Waals surface area contributed by atoms with Crippen molar-refractivity contribution >= 4 is 39.0 Å². The maximum absolute atomic E-state index is 13.1. The summed E-state index contributed by atoms with van der Waals surface area (Å²) in [5, 5.41) is 3.96. The number of pyridine rings is 1. The Morgan fingerprint density at radius 3 is 2.89 bits per heavy atom. The van der Waals surface area contributed by atoms with Gasteiger partial charge in [-0.2, -0.15) is 0 Å². The number of thiophene rings is 1. The van der Waals surface area contributed by atoms with Gasteiger partial charge in [0, 0.05) is 43.4 Å². The molecule has 0 bridgehead atoms. The first-order chi connectivity index (χ1) is 16.7. The Labute approximate surface area is 209 Å². The average molecular weight is 496 g/mol. The molecule has 5 rings (SSSR count). The molecule has 0 radical (unpaired) electrons. The fraction of sp³-hybridized carbons (Fsp3) is 0.520. The molecular formula is C25H33N7O2S. The van der Waals surface area contributed by atoms with Crippen LogP contribution in [0.5, 0.6) is 0 Å². The topological polar surface area (TPSA) is 132 Å². The van der Waals surface area contributed by atoms with Crippen molar-refractivity contribution in [3.8, 4) is 0 Å². The SMILES string of the molecule is COCC1(C)CN(c2ccc3c(n2)CCC(NC(=O)c2sc4nc(C)nc(C)c4c2N)C3)CC1N. The zero-order valence-corrected chi connectivity index (χ0v) is 21.5. The minimum atomic E-state index is -0.149. The van der Waals surface area contributed by atoms with Crippen molar-refractivity contribution in [1.29, 1.82) is 0 Å². The van der Waals surface area contributed by atoms with Gasteiger partial charge in [-0.3, -0.25) is 4.79 Å². The summed E-state index contributed by atoms with van der Waals surface area (Å²) in [5.74, 6) is 1.49. The van der Waals surface area contributed by atoms with Crippen molar-refractivity contribution in [1.82, 2.24) is 20.3 Å². The lowest BCUT2D eigenvalue weighted by molar-refractivity contribution is 0.0938. The second-order valence-electron chi connectivity index (χ2n) is 10.1. The van der Waals surface area contributed by atoms with E-state index in [0.29, 0.717) is 23.0 Å². The number of amides is 1. The molecule has 1 saturated heterocycles. The van der Waals surface area contributed by atoms with Crippen LogP contribution in [-0.2, 0) is 17.6 Å². The first-order valence-electron chi connectivity index (χ1n) is 12.0. The Morgan fingerprint density at radius 1 is 1.31 bits per heavy atom. The second-order valence-corrected chi connectivity index (χ2v) is 11.1. The van der Waals surface area contributed by atoms with Crippen molar-refractivity contribution in [2.45, 2.75) is 52.1 Å². The summed E-state index contributed by atoms with van der Waals surface area (Å²) < 4.78 is 5.41. The standard InChI is InChI=1S/C25H33N7O2S/c1-13-20-21(27)22(35-24(20)29-14(2)28-13)23(33)30-16-6-7-17-15(9-16)5-8-19(31-17)32-10-18(26)25(3,11-32)12-34-4/h5,8,16,18H,6-7,9-12,26-27H2,1-4H3,(H,30,33). The predicted octanol–water partition coefficient (Wildman–Crippen LogP) is 2.37. The Hall–Kier alpha value is -2.82. The summed E-state index contributed by atoms with van der Waals surface area (Å²) in [7, 11) is 1.72. The number of aromatic nitrogens is 3. The molecule has 0 aromatic carbocycles. The summed E-state index contributed by atoms with van der Waals surface area (Å²) in [5.41, 5.74) is 16.2. The first kappa shape index (κ1) is 23.9. The fourth-order valence-corrected chi connectivity index (χ4v) is 6.48. The molecule has 1 fully saturated rings. The van der Waals surface area contributed by atoms with E-state index in [9.17, 15) is 4.79 Å². The van der Waals surface area contributed by atoms with Crippen LogP contribution in [0.2, 0.25) is 0 Å². The van der Waals surface area contributed by atoms with Crippen LogP contribution in [-0.4, -0.2) is 59.7 Å². The van der Waals surface area contributed by atoms with Gasteiger partial charge in [0.2, 0.25) is 0 Å². The highest BCUT2D eigenvalue weighted by molar-refractivity contribution is 7.21. The number of hydrogen-bond donors (Lipinski definition) is 3. The Balaban J connectivity index is 1.28. The molecule has 1 amide bonds. The van der Waals surface area contributed by atoms with Gasteiger partial charge in [-0.15, -0.1) is 11.3 Å². The number of nitrogens with zero attached hydrogens (tertiary/aromatic N) is 4. The third-order valence-electron chi connectivity index (χ3n) is 7.33. The summed E-state index contributed by atoms with van der Waals surface area (Å²) in [6.45, 7) is 8.14. The number of nitrogen functional groups attached to an aromatic ring is 1. The van der Waals surface area contributed by atoms with Crippen LogP contribution >= 0.6 is 11.3 Å². The zero-order valence-electron chi connectivity index (χ0n) is 20.7. The summed E-state index contributed by atoms with van der Waals surface area (Å²) in [6.07, 6.45) is 2.39. The van der Waals surface area contributed by atoms with E-state index in [1.54, 1.807) is 7.11 Å². The van der Waals surface area contributed by atoms with Gasteiger partial charge in [0.1, 0.15) is 21.3 Å². The lowest BCUT2D eigenvalue weighted by atomic mass is 9.87. The molecule has 186 valence electrons. The van der Waals surface area contributed by atoms with Gasteiger partial charge in [0.15, 0.2) is 0 Å². The maximum atomic E-state index is 13.1. The van der Waals surface area contributed by atoms with E-state index in [2.05, 4.69) is 39.2 Å². The molecule has 2 aliphatic rings. The average Bonchev–Trinajstić information content (AvgIpc) is 3.29. The normalized spacial score (nSPS) is 24.1. The highest BCUT2D eigenvalue weighted by Gasteiger charge is 2.41. The van der Waals surface area contributed by atoms with E-state index in [-0.39, 0.29) is 23.4 Å². The highest BCUT2D eigenvalue weighted by Crippen LogP contribution is 2.35. The number of fused-ring (bicyclic) bond motifs is 2. The van der Waals surface area contributed by atoms with Gasteiger partial charge in [-0.05, 0) is 44.7 Å². The number of methoxy groups -OCH3 is 1. The van der Waals surface area contributed by atoms with Crippen molar-refractivity contribution in [3.63, 3.8) is 0 Å². The monoisotopic (exact) mass is 495 g/mol. The van der Waals surface area contributed by atoms with Gasteiger partial charge in [-0.1, -0.05) is 13.0 Å². The summed E-state index contributed by atoms with van der Waals surface area (Å²) in [4.78, 5) is 30.5. The number of hydrogen-bond acceptors (Lipinski definition) is 9. The number of anilines is 2. The molecule has 9 nitrogen and oxygen atoms in total. The molecule has 1 aliphatic carbocycles. The van der Waals surface area contributed by atoms with Crippen LogP contribution in [0.25, 0.3) is 10.2 Å². The number of carbonyl (C=O) groups is 1. The van der Waals surface area contributed by atoms with Crippen LogP contribution in [0.1, 0.15) is 45.8 Å². The number of ether oxygens (including phenoxy) is 1. The molecule has 0 saturated carbocycles. The third kappa shape index (κ3) is 4.34. The molecule has 3 aromatic rings.